The van der Waals surface area contributed by atoms with Crippen molar-refractivity contribution in [2.75, 3.05) is 0 Å². The highest BCUT2D eigenvalue weighted by molar-refractivity contribution is 5.84. The first-order valence-electron chi connectivity index (χ1n) is 16.3. The van der Waals surface area contributed by atoms with Crippen LogP contribution in [-0.4, -0.2) is 84.5 Å². The maximum absolute atomic E-state index is 14.0. The molecule has 1 unspecified atom stereocenters. The van der Waals surface area contributed by atoms with Gasteiger partial charge < -0.3 is 39.7 Å². The summed E-state index contributed by atoms with van der Waals surface area (Å²) in [6.07, 6.45) is -1.12. The third-order valence-corrected chi connectivity index (χ3v) is 11.5. The zero-order valence-electron chi connectivity index (χ0n) is 27.9. The molecule has 0 saturated carbocycles. The summed E-state index contributed by atoms with van der Waals surface area (Å²) >= 11 is 0. The molecule has 0 aromatic heterocycles. The maximum atomic E-state index is 14.0. The lowest BCUT2D eigenvalue weighted by molar-refractivity contribution is -0.331. The van der Waals surface area contributed by atoms with E-state index in [-0.39, 0.29) is 23.5 Å². The van der Waals surface area contributed by atoms with Gasteiger partial charge >= 0.3 is 5.97 Å². The fourth-order valence-electron chi connectivity index (χ4n) is 8.56. The molecule has 0 aromatic rings. The van der Waals surface area contributed by atoms with Crippen molar-refractivity contribution in [2.45, 2.75) is 155 Å². The van der Waals surface area contributed by atoms with Crippen LogP contribution in [0.15, 0.2) is 0 Å². The van der Waals surface area contributed by atoms with E-state index in [2.05, 4.69) is 0 Å². The van der Waals surface area contributed by atoms with Crippen LogP contribution < -0.4 is 0 Å². The molecule has 43 heavy (non-hydrogen) atoms. The predicted molar refractivity (Wildman–Crippen MR) is 160 cm³/mol. The van der Waals surface area contributed by atoms with E-state index in [1.807, 2.05) is 41.5 Å². The van der Waals surface area contributed by atoms with Crippen LogP contribution in [0, 0.1) is 41.4 Å². The number of Topliss-reactive ketones (excluding diaryl/α,β-unsaturated/α-hetero) is 1. The van der Waals surface area contributed by atoms with E-state index in [1.165, 1.54) is 0 Å². The number of aliphatic carboxylic acids is 1. The number of rotatable bonds is 12. The monoisotopic (exact) mass is 614 g/mol. The molecular formula is C33H58O10. The van der Waals surface area contributed by atoms with Gasteiger partial charge in [-0.25, -0.2) is 0 Å². The number of aliphatic hydroxyl groups excluding tert-OH is 2. The van der Waals surface area contributed by atoms with Crippen LogP contribution in [0.4, 0.5) is 0 Å². The summed E-state index contributed by atoms with van der Waals surface area (Å²) in [6, 6.07) is 0. The minimum atomic E-state index is -1.85. The summed E-state index contributed by atoms with van der Waals surface area (Å²) in [5.41, 5.74) is -1.99. The second-order valence-electron chi connectivity index (χ2n) is 14.7. The van der Waals surface area contributed by atoms with Crippen molar-refractivity contribution >= 4 is 11.8 Å². The third-order valence-electron chi connectivity index (χ3n) is 11.5. The van der Waals surface area contributed by atoms with Crippen LogP contribution in [0.3, 0.4) is 0 Å². The van der Waals surface area contributed by atoms with E-state index >= 15 is 0 Å². The zero-order valence-corrected chi connectivity index (χ0v) is 27.9. The predicted octanol–water partition coefficient (Wildman–Crippen LogP) is 3.90. The van der Waals surface area contributed by atoms with Crippen molar-refractivity contribution in [3.63, 3.8) is 0 Å². The number of ether oxygens (including phenoxy) is 3. The van der Waals surface area contributed by atoms with Gasteiger partial charge in [0.15, 0.2) is 11.6 Å². The number of carbonyl (C=O) groups is 2. The number of carboxylic acid groups (broad SMARTS) is 1. The van der Waals surface area contributed by atoms with Crippen LogP contribution in [0.1, 0.15) is 108 Å². The summed E-state index contributed by atoms with van der Waals surface area (Å²) in [6.45, 7) is 18.4. The molecule has 10 nitrogen and oxygen atoms in total. The molecule has 3 saturated heterocycles. The molecule has 0 aliphatic carbocycles. The van der Waals surface area contributed by atoms with E-state index in [4.69, 9.17) is 14.2 Å². The van der Waals surface area contributed by atoms with Crippen molar-refractivity contribution in [2.24, 2.45) is 41.4 Å². The Balaban J connectivity index is 1.78. The average molecular weight is 615 g/mol. The quantitative estimate of drug-likeness (QED) is 0.218. The van der Waals surface area contributed by atoms with Crippen molar-refractivity contribution in [1.82, 2.24) is 0 Å². The largest absolute Gasteiger partial charge is 0.481 e. The molecule has 5 N–H and O–H groups in total. The van der Waals surface area contributed by atoms with Crippen LogP contribution >= 0.6 is 0 Å². The van der Waals surface area contributed by atoms with Crippen molar-refractivity contribution < 1.29 is 49.3 Å². The standard InChI is InChI=1S/C33H58O10/c1-11-24(29-18(4)14-30(10,41-29)33(40)20(6)15-31(12-2,43-33)23(9)34)27(38)21(7)26(37)22(8)28-17(3)13-19(5)32(39,42-28)16-25(35)36/h17-24,26,28-29,34,37,39-40H,11-16H2,1-10H3,(H,35,36)/t17-,18-,19+,20-,21-,22+,23?,24+,26+,28-,29-,30-,31+,32-,33+/m0/s1. The maximum Gasteiger partial charge on any atom is 0.308 e. The molecule has 3 rings (SSSR count). The van der Waals surface area contributed by atoms with Gasteiger partial charge in [-0.1, -0.05) is 55.4 Å². The second kappa shape index (κ2) is 12.9. The summed E-state index contributed by atoms with van der Waals surface area (Å²) in [5, 5.41) is 54.3. The number of aliphatic hydroxyl groups is 4. The lowest BCUT2D eigenvalue weighted by Gasteiger charge is -2.47. The van der Waals surface area contributed by atoms with Crippen LogP contribution in [-0.2, 0) is 23.8 Å². The average Bonchev–Trinajstić information content (AvgIpc) is 3.39. The van der Waals surface area contributed by atoms with Gasteiger partial charge in [0.25, 0.3) is 0 Å². The summed E-state index contributed by atoms with van der Waals surface area (Å²) < 4.78 is 19.0. The first kappa shape index (κ1) is 36.3. The van der Waals surface area contributed by atoms with Gasteiger partial charge in [0.2, 0.25) is 0 Å². The highest BCUT2D eigenvalue weighted by Gasteiger charge is 2.66. The molecule has 0 bridgehead atoms. The molecule has 3 aliphatic rings. The Morgan fingerprint density at radius 2 is 1.51 bits per heavy atom. The van der Waals surface area contributed by atoms with Gasteiger partial charge in [-0.2, -0.15) is 0 Å². The Bertz CT molecular complexity index is 1000. The smallest absolute Gasteiger partial charge is 0.308 e. The number of ketones is 1. The highest BCUT2D eigenvalue weighted by Crippen LogP contribution is 2.56. The first-order chi connectivity index (χ1) is 19.7. The molecule has 0 radical (unpaired) electrons. The molecule has 0 spiro atoms. The minimum Gasteiger partial charge on any atom is -0.481 e. The van der Waals surface area contributed by atoms with Gasteiger partial charge in [0.05, 0.1) is 36.4 Å². The number of hydrogen-bond acceptors (Lipinski definition) is 9. The number of carboxylic acids is 1. The van der Waals surface area contributed by atoms with Crippen molar-refractivity contribution in [1.29, 1.82) is 0 Å². The molecule has 3 fully saturated rings. The number of hydrogen-bond donors (Lipinski definition) is 5. The molecule has 0 amide bonds. The zero-order chi connectivity index (χ0) is 32.9. The van der Waals surface area contributed by atoms with Gasteiger partial charge in [-0.05, 0) is 57.8 Å². The summed E-state index contributed by atoms with van der Waals surface area (Å²) in [7, 11) is 0. The molecule has 250 valence electrons. The Morgan fingerprint density at radius 1 is 0.907 bits per heavy atom. The topological polar surface area (TPSA) is 163 Å². The van der Waals surface area contributed by atoms with E-state index in [9.17, 15) is 35.1 Å². The molecule has 0 aromatic carbocycles. The first-order valence-corrected chi connectivity index (χ1v) is 16.3. The van der Waals surface area contributed by atoms with E-state index in [0.29, 0.717) is 32.1 Å². The summed E-state index contributed by atoms with van der Waals surface area (Å²) in [5.74, 6) is -7.57. The van der Waals surface area contributed by atoms with Crippen molar-refractivity contribution in [3.05, 3.63) is 0 Å². The highest BCUT2D eigenvalue weighted by atomic mass is 16.7. The Kier molecular flexibility index (Phi) is 10.9. The van der Waals surface area contributed by atoms with E-state index in [0.717, 1.165) is 0 Å². The lowest BCUT2D eigenvalue weighted by Crippen LogP contribution is -2.57. The van der Waals surface area contributed by atoms with Crippen LogP contribution in [0.25, 0.3) is 0 Å². The third kappa shape index (κ3) is 6.44. The summed E-state index contributed by atoms with van der Waals surface area (Å²) in [4.78, 5) is 25.5. The van der Waals surface area contributed by atoms with Crippen molar-refractivity contribution in [3.8, 4) is 0 Å². The van der Waals surface area contributed by atoms with Gasteiger partial charge in [-0.3, -0.25) is 9.59 Å². The number of carbonyl (C=O) groups excluding carboxylic acids is 1. The Morgan fingerprint density at radius 3 is 2.00 bits per heavy atom. The Labute approximate surface area is 257 Å². The SMILES string of the molecule is CC[C@H](C(=O)[C@@H](C)[C@@H](O)[C@@H](C)[C@H]1O[C@@](O)(CC(=O)O)[C@H](C)C[C@@H]1C)[C@H]1O[C@](C)([C@]2(O)O[C@@](CC)(C(C)O)C[C@@H]2C)C[C@@H]1C. The van der Waals surface area contributed by atoms with Gasteiger partial charge in [-0.15, -0.1) is 0 Å². The molecule has 10 heteroatoms. The molecule has 3 heterocycles. The van der Waals surface area contributed by atoms with Crippen LogP contribution in [0.2, 0.25) is 0 Å². The molecular weight excluding hydrogens is 556 g/mol. The molecule has 15 atom stereocenters. The van der Waals surface area contributed by atoms with E-state index in [1.54, 1.807) is 27.7 Å². The Hall–Kier alpha value is -1.14. The lowest BCUT2D eigenvalue weighted by atomic mass is 9.73. The van der Waals surface area contributed by atoms with E-state index < -0.39 is 83.3 Å². The van der Waals surface area contributed by atoms with Gasteiger partial charge in [0.1, 0.15) is 11.4 Å². The minimum absolute atomic E-state index is 0.0667. The van der Waals surface area contributed by atoms with Gasteiger partial charge in [0, 0.05) is 29.6 Å². The van der Waals surface area contributed by atoms with Crippen LogP contribution in [0.5, 0.6) is 0 Å². The fourth-order valence-corrected chi connectivity index (χ4v) is 8.56. The second-order valence-corrected chi connectivity index (χ2v) is 14.7. The fraction of sp³-hybridized carbons (Fsp3) is 0.939. The normalized spacial score (nSPS) is 45.3. The molecule has 3 aliphatic heterocycles.